The van der Waals surface area contributed by atoms with E-state index < -0.39 is 30.4 Å². The fourth-order valence-electron chi connectivity index (χ4n) is 5.96. The Morgan fingerprint density at radius 1 is 1.07 bits per heavy atom. The summed E-state index contributed by atoms with van der Waals surface area (Å²) in [6.45, 7) is 11.3. The molecule has 1 aromatic carbocycles. The van der Waals surface area contributed by atoms with Crippen molar-refractivity contribution >= 4 is 23.8 Å². The molecule has 0 aromatic heterocycles. The first-order valence-electron chi connectivity index (χ1n) is 15.8. The predicted octanol–water partition coefficient (Wildman–Crippen LogP) is 3.47. The summed E-state index contributed by atoms with van der Waals surface area (Å²) in [6, 6.07) is 4.88. The number of esters is 1. The fraction of sp³-hybridized carbons (Fsp3) is 0.636. The van der Waals surface area contributed by atoms with Crippen molar-refractivity contribution in [1.29, 1.82) is 0 Å². The number of β-amino-alcohol motifs (C(OH)–C–C–N with tert-alkyl or cyclic N) is 1. The second-order valence-corrected chi connectivity index (χ2v) is 12.2. The highest BCUT2D eigenvalue weighted by atomic mass is 19.1. The van der Waals surface area contributed by atoms with Gasteiger partial charge in [0.05, 0.1) is 32.3 Å². The van der Waals surface area contributed by atoms with Crippen molar-refractivity contribution in [3.05, 3.63) is 47.3 Å². The van der Waals surface area contributed by atoms with Gasteiger partial charge in [-0.1, -0.05) is 26.0 Å². The van der Waals surface area contributed by atoms with Crippen molar-refractivity contribution in [1.82, 2.24) is 9.80 Å². The first kappa shape index (κ1) is 33.9. The number of carbonyl (C=O) groups is 2. The van der Waals surface area contributed by atoms with E-state index in [9.17, 15) is 24.2 Å². The SMILES string of the molecule is C/C(=C\c1cc(F)cc(N2CCOCC2)c1)[C@H]1OC(=O)C[C@H](O)CC[C@H](C)[C@@H](OC(=O)N2CCN(CCO)CC2)/C=C/[C@@H]1C. The molecule has 3 aliphatic rings. The highest BCUT2D eigenvalue weighted by Gasteiger charge is 2.29. The van der Waals surface area contributed by atoms with Crippen molar-refractivity contribution in [3.63, 3.8) is 0 Å². The van der Waals surface area contributed by atoms with Gasteiger partial charge in [-0.3, -0.25) is 9.69 Å². The van der Waals surface area contributed by atoms with Crippen molar-refractivity contribution < 1.29 is 38.4 Å². The predicted molar refractivity (Wildman–Crippen MR) is 166 cm³/mol. The molecule has 0 spiro atoms. The standard InChI is InChI=1S/C33H48FN3O7/c1-23-4-6-29(39)22-31(40)44-32(25(3)18-26-19-27(34)21-28(20-26)36-13-16-42-17-14-36)24(2)5-7-30(23)43-33(41)37-10-8-35(9-11-37)12-15-38/h5,7,18-21,23-24,29-30,32,38-39H,4,6,8-17,22H2,1-3H3/b7-5+,25-18+/t23-,24-,29+,30-,32-/m0/s1. The van der Waals surface area contributed by atoms with Crippen LogP contribution in [0.2, 0.25) is 0 Å². The van der Waals surface area contributed by atoms with Crippen LogP contribution in [0.4, 0.5) is 14.9 Å². The molecule has 3 aliphatic heterocycles. The zero-order valence-corrected chi connectivity index (χ0v) is 26.2. The van der Waals surface area contributed by atoms with Gasteiger partial charge in [-0.2, -0.15) is 0 Å². The second kappa shape index (κ2) is 16.4. The molecule has 4 rings (SSSR count). The Morgan fingerprint density at radius 3 is 2.50 bits per heavy atom. The Morgan fingerprint density at radius 2 is 1.80 bits per heavy atom. The molecule has 2 fully saturated rings. The maximum atomic E-state index is 14.7. The minimum absolute atomic E-state index is 0.0849. The molecular formula is C33H48FN3O7. The van der Waals surface area contributed by atoms with Gasteiger partial charge in [-0.05, 0) is 61.1 Å². The van der Waals surface area contributed by atoms with Gasteiger partial charge in [0.2, 0.25) is 0 Å². The molecule has 244 valence electrons. The van der Waals surface area contributed by atoms with E-state index in [-0.39, 0.29) is 30.7 Å². The van der Waals surface area contributed by atoms with E-state index in [1.807, 2.05) is 45.1 Å². The number of morpholine rings is 1. The number of cyclic esters (lactones) is 1. The van der Waals surface area contributed by atoms with Gasteiger partial charge in [0.1, 0.15) is 18.0 Å². The lowest BCUT2D eigenvalue weighted by atomic mass is 9.91. The van der Waals surface area contributed by atoms with Crippen molar-refractivity contribution in [3.8, 4) is 0 Å². The summed E-state index contributed by atoms with van der Waals surface area (Å²) in [6.07, 6.45) is 3.88. The molecule has 11 heteroatoms. The third-order valence-electron chi connectivity index (χ3n) is 8.67. The number of carbonyl (C=O) groups excluding carboxylic acids is 2. The van der Waals surface area contributed by atoms with E-state index >= 15 is 0 Å². The summed E-state index contributed by atoms with van der Waals surface area (Å²) >= 11 is 0. The maximum Gasteiger partial charge on any atom is 0.410 e. The van der Waals surface area contributed by atoms with Crippen molar-refractivity contribution in [2.75, 3.05) is 70.5 Å². The number of aliphatic hydroxyl groups is 2. The molecule has 0 radical (unpaired) electrons. The first-order valence-corrected chi connectivity index (χ1v) is 15.8. The Labute approximate surface area is 260 Å². The van der Waals surface area contributed by atoms with Crippen LogP contribution in [0.25, 0.3) is 6.08 Å². The number of amides is 1. The number of hydrogen-bond donors (Lipinski definition) is 2. The van der Waals surface area contributed by atoms with Gasteiger partial charge in [-0.15, -0.1) is 0 Å². The molecule has 0 saturated carbocycles. The summed E-state index contributed by atoms with van der Waals surface area (Å²) in [5.74, 6) is -1.24. The van der Waals surface area contributed by atoms with Crippen LogP contribution >= 0.6 is 0 Å². The minimum Gasteiger partial charge on any atom is -0.457 e. The van der Waals surface area contributed by atoms with Crippen LogP contribution in [0.5, 0.6) is 0 Å². The molecule has 0 bridgehead atoms. The highest BCUT2D eigenvalue weighted by molar-refractivity contribution is 5.71. The quantitative estimate of drug-likeness (QED) is 0.366. The van der Waals surface area contributed by atoms with E-state index in [2.05, 4.69) is 9.80 Å². The zero-order valence-electron chi connectivity index (χ0n) is 26.2. The number of rotatable bonds is 6. The number of aliphatic hydroxyl groups excluding tert-OH is 2. The summed E-state index contributed by atoms with van der Waals surface area (Å²) < 4.78 is 32.0. The van der Waals surface area contributed by atoms with Crippen LogP contribution in [0.15, 0.2) is 35.9 Å². The number of benzene rings is 1. The summed E-state index contributed by atoms with van der Waals surface area (Å²) in [5.41, 5.74) is 2.15. The number of nitrogens with zero attached hydrogens (tertiary/aromatic N) is 3. The molecule has 3 heterocycles. The van der Waals surface area contributed by atoms with Gasteiger partial charge >= 0.3 is 12.1 Å². The molecule has 10 nitrogen and oxygen atoms in total. The topological polar surface area (TPSA) is 112 Å². The molecule has 2 N–H and O–H groups in total. The fourth-order valence-corrected chi connectivity index (χ4v) is 5.96. The third kappa shape index (κ3) is 9.76. The summed E-state index contributed by atoms with van der Waals surface area (Å²) in [7, 11) is 0. The Kier molecular flexibility index (Phi) is 12.6. The minimum atomic E-state index is -0.885. The van der Waals surface area contributed by atoms with E-state index in [0.29, 0.717) is 77.4 Å². The molecular weight excluding hydrogens is 569 g/mol. The summed E-state index contributed by atoms with van der Waals surface area (Å²) in [5, 5.41) is 19.8. The van der Waals surface area contributed by atoms with E-state index in [4.69, 9.17) is 14.2 Å². The lowest BCUT2D eigenvalue weighted by molar-refractivity contribution is -0.151. The number of hydrogen-bond acceptors (Lipinski definition) is 9. The maximum absolute atomic E-state index is 14.7. The largest absolute Gasteiger partial charge is 0.457 e. The van der Waals surface area contributed by atoms with Crippen LogP contribution < -0.4 is 4.90 Å². The molecule has 1 aromatic rings. The zero-order chi connectivity index (χ0) is 31.6. The second-order valence-electron chi connectivity index (χ2n) is 12.2. The lowest BCUT2D eigenvalue weighted by Gasteiger charge is -2.35. The monoisotopic (exact) mass is 617 g/mol. The Bertz CT molecular complexity index is 1160. The van der Waals surface area contributed by atoms with Gasteiger partial charge in [0.25, 0.3) is 0 Å². The van der Waals surface area contributed by atoms with Crippen LogP contribution in [-0.2, 0) is 19.0 Å². The number of halogens is 1. The molecule has 5 atom stereocenters. The molecule has 0 aliphatic carbocycles. The Balaban J connectivity index is 1.53. The van der Waals surface area contributed by atoms with Gasteiger partial charge in [-0.25, -0.2) is 9.18 Å². The Hall–Kier alpha value is -2.99. The van der Waals surface area contributed by atoms with Gasteiger partial charge in [0, 0.05) is 57.4 Å². The first-order chi connectivity index (χ1) is 21.1. The van der Waals surface area contributed by atoms with E-state index in [1.165, 1.54) is 12.1 Å². The van der Waals surface area contributed by atoms with Crippen molar-refractivity contribution in [2.24, 2.45) is 11.8 Å². The molecule has 0 unspecified atom stereocenters. The smallest absolute Gasteiger partial charge is 0.410 e. The highest BCUT2D eigenvalue weighted by Crippen LogP contribution is 2.27. The van der Waals surface area contributed by atoms with E-state index in [0.717, 1.165) is 11.3 Å². The molecule has 2 saturated heterocycles. The molecule has 44 heavy (non-hydrogen) atoms. The number of piperazine rings is 1. The van der Waals surface area contributed by atoms with Crippen molar-refractivity contribution in [2.45, 2.75) is 58.3 Å². The number of ether oxygens (including phenoxy) is 3. The van der Waals surface area contributed by atoms with Gasteiger partial charge < -0.3 is 34.2 Å². The van der Waals surface area contributed by atoms with Gasteiger partial charge in [0.15, 0.2) is 0 Å². The van der Waals surface area contributed by atoms with Crippen LogP contribution in [0.1, 0.15) is 45.6 Å². The normalized spacial score (nSPS) is 28.9. The van der Waals surface area contributed by atoms with E-state index in [1.54, 1.807) is 4.90 Å². The average molecular weight is 618 g/mol. The molecule has 1 amide bonds. The van der Waals surface area contributed by atoms with Crippen LogP contribution in [0, 0.1) is 17.7 Å². The average Bonchev–Trinajstić information content (AvgIpc) is 3.00. The van der Waals surface area contributed by atoms with Crippen LogP contribution in [0.3, 0.4) is 0 Å². The summed E-state index contributed by atoms with van der Waals surface area (Å²) in [4.78, 5) is 31.9. The third-order valence-corrected chi connectivity index (χ3v) is 8.67. The van der Waals surface area contributed by atoms with Crippen LogP contribution in [-0.4, -0.2) is 116 Å². The lowest BCUT2D eigenvalue weighted by Crippen LogP contribution is -2.50. The number of anilines is 1.